The van der Waals surface area contributed by atoms with Crippen LogP contribution < -0.4 is 28.7 Å². The number of anilines is 4. The van der Waals surface area contributed by atoms with Crippen molar-refractivity contribution in [1.82, 2.24) is 17.5 Å². The molecule has 18 heteroatoms. The number of hydrogen-bond acceptors (Lipinski definition) is 16. The van der Waals surface area contributed by atoms with Crippen LogP contribution in [-0.4, -0.2) is 78.2 Å². The number of carboxylic acids is 2. The standard InChI is InChI=1S/C72H52N6O8S4/c79-71(80)43-31-39(29-41(33-43)67-63-65(85-27-25-83-63)69(87-67)53-23-21-47(59-61(53)75-89-73-59)37-17-19-51-49-13-7-15-55(49)77(57(51)35-37)45-9-3-1-4-10-45)40-30-42(34-44(32-40)72(81)82)68-64-66(86-28-26-84-64)70(88-68)54-24-22-48(60-62(54)76-90-74-60)38-18-20-52-50-14-8-16-56(50)78(58(52)36-38)46-11-5-2-6-12-46/h1-6,9-12,17-24,29-36,49-50,55-56H,7-8,13-16,25-28H2,(H,79,80)(H,81,82). The molecule has 2 aliphatic carbocycles. The normalized spacial score (nSPS) is 18.5. The van der Waals surface area contributed by atoms with Gasteiger partial charge in [0.15, 0.2) is 23.0 Å². The van der Waals surface area contributed by atoms with E-state index in [0.717, 1.165) is 101 Å². The average molecular weight is 1260 g/mol. The maximum absolute atomic E-state index is 13.2. The van der Waals surface area contributed by atoms with Gasteiger partial charge in [-0.1, -0.05) is 97.8 Å². The predicted molar refractivity (Wildman–Crippen MR) is 356 cm³/mol. The summed E-state index contributed by atoms with van der Waals surface area (Å²) >= 11 is 5.19. The SMILES string of the molecule is O=C(O)c1cc(-c2cc(C(=O)O)cc(-c3sc(-c4ccc(-c5ccc6c(c5)N(c5ccccc5)C5CCCC65)c5nsnc45)c4c3OCCO4)c2)cc(-c2sc(-c3ccc(-c4ccc5c(c4)N(c4ccccc4)C4CCCC54)c4nsnc34)c3c2OCCO3)c1. The largest absolute Gasteiger partial charge is 0.485 e. The van der Waals surface area contributed by atoms with Gasteiger partial charge in [0.1, 0.15) is 48.5 Å². The maximum Gasteiger partial charge on any atom is 0.335 e. The van der Waals surface area contributed by atoms with Gasteiger partial charge in [-0.05, 0) is 143 Å². The van der Waals surface area contributed by atoms with E-state index in [1.54, 1.807) is 24.3 Å². The molecule has 4 unspecified atom stereocenters. The number of aromatic nitrogens is 4. The van der Waals surface area contributed by atoms with Crippen LogP contribution in [0.15, 0.2) is 158 Å². The monoisotopic (exact) mass is 1260 g/mol. The number of nitrogens with zero attached hydrogens (tertiary/aromatic N) is 6. The summed E-state index contributed by atoms with van der Waals surface area (Å²) in [7, 11) is 0. The summed E-state index contributed by atoms with van der Waals surface area (Å²) < 4.78 is 45.6. The molecule has 18 rings (SSSR count). The molecule has 2 saturated carbocycles. The summed E-state index contributed by atoms with van der Waals surface area (Å²) in [4.78, 5) is 34.4. The second-order valence-electron chi connectivity index (χ2n) is 23.9. The number of carbonyl (C=O) groups is 2. The van der Waals surface area contributed by atoms with Crippen molar-refractivity contribution in [3.05, 3.63) is 180 Å². The zero-order chi connectivity index (χ0) is 59.9. The highest BCUT2D eigenvalue weighted by molar-refractivity contribution is 7.20. The summed E-state index contributed by atoms with van der Waals surface area (Å²) in [5, 5.41) is 21.6. The van der Waals surface area contributed by atoms with Gasteiger partial charge in [-0.15, -0.1) is 22.7 Å². The van der Waals surface area contributed by atoms with Crippen molar-refractivity contribution in [3.63, 3.8) is 0 Å². The van der Waals surface area contributed by atoms with Crippen LogP contribution >= 0.6 is 46.1 Å². The van der Waals surface area contributed by atoms with Crippen molar-refractivity contribution in [3.8, 4) is 98.1 Å². The van der Waals surface area contributed by atoms with E-state index >= 15 is 0 Å². The Bertz CT molecular complexity index is 4650. The van der Waals surface area contributed by atoms with Gasteiger partial charge in [0, 0.05) is 68.9 Å². The smallest absolute Gasteiger partial charge is 0.335 e. The van der Waals surface area contributed by atoms with Gasteiger partial charge in [0.05, 0.1) is 54.1 Å². The minimum absolute atomic E-state index is 0.0114. The van der Waals surface area contributed by atoms with Crippen LogP contribution in [0, 0.1) is 0 Å². The molecule has 4 aromatic heterocycles. The molecule has 4 atom stereocenters. The Morgan fingerprint density at radius 3 is 1.19 bits per heavy atom. The van der Waals surface area contributed by atoms with E-state index in [1.807, 2.05) is 12.1 Å². The minimum Gasteiger partial charge on any atom is -0.485 e. The lowest BCUT2D eigenvalue weighted by molar-refractivity contribution is 0.0686. The fourth-order valence-electron chi connectivity index (χ4n) is 15.2. The number of benzene rings is 8. The molecule has 0 spiro atoms. The van der Waals surface area contributed by atoms with E-state index in [0.29, 0.717) is 92.1 Å². The zero-order valence-electron chi connectivity index (χ0n) is 48.1. The molecular weight excluding hydrogens is 1210 g/mol. The molecule has 0 amide bonds. The van der Waals surface area contributed by atoms with Gasteiger partial charge in [-0.25, -0.2) is 9.59 Å². The highest BCUT2D eigenvalue weighted by atomic mass is 32.1. The lowest BCUT2D eigenvalue weighted by Gasteiger charge is -2.27. The number of thiophene rings is 2. The summed E-state index contributed by atoms with van der Waals surface area (Å²) in [6, 6.07) is 54.6. The first kappa shape index (κ1) is 53.6. The van der Waals surface area contributed by atoms with E-state index in [-0.39, 0.29) is 24.3 Å². The maximum atomic E-state index is 13.2. The van der Waals surface area contributed by atoms with E-state index in [9.17, 15) is 19.8 Å². The Morgan fingerprint density at radius 2 is 0.778 bits per heavy atom. The van der Waals surface area contributed by atoms with Crippen molar-refractivity contribution in [2.24, 2.45) is 0 Å². The predicted octanol–water partition coefficient (Wildman–Crippen LogP) is 18.0. The van der Waals surface area contributed by atoms with E-state index in [2.05, 4.69) is 131 Å². The first-order chi connectivity index (χ1) is 44.3. The molecule has 90 heavy (non-hydrogen) atoms. The molecule has 0 saturated heterocycles. The summed E-state index contributed by atoms with van der Waals surface area (Å²) in [6.07, 6.45) is 7.11. The summed E-state index contributed by atoms with van der Waals surface area (Å²) in [6.45, 7) is 1.21. The molecule has 6 aliphatic rings. The second-order valence-corrected chi connectivity index (χ2v) is 26.9. The second kappa shape index (κ2) is 21.1. The molecule has 8 heterocycles. The Hall–Kier alpha value is -9.46. The minimum atomic E-state index is -1.15. The van der Waals surface area contributed by atoms with Crippen LogP contribution in [0.2, 0.25) is 0 Å². The average Bonchev–Trinajstić information content (AvgIpc) is 1.61. The summed E-state index contributed by atoms with van der Waals surface area (Å²) in [5.41, 5.74) is 18.5. The number of hydrogen-bond donors (Lipinski definition) is 2. The zero-order valence-corrected chi connectivity index (χ0v) is 51.3. The van der Waals surface area contributed by atoms with Crippen molar-refractivity contribution >= 4 is 103 Å². The Balaban J connectivity index is 0.712. The van der Waals surface area contributed by atoms with Crippen molar-refractivity contribution in [1.29, 1.82) is 0 Å². The van der Waals surface area contributed by atoms with Crippen LogP contribution in [0.25, 0.3) is 97.2 Å². The highest BCUT2D eigenvalue weighted by Gasteiger charge is 2.44. The molecule has 8 aromatic carbocycles. The topological polar surface area (TPSA) is 170 Å². The van der Waals surface area contributed by atoms with Gasteiger partial charge < -0.3 is 39.0 Å². The van der Waals surface area contributed by atoms with Crippen LogP contribution in [0.4, 0.5) is 22.7 Å². The molecule has 4 aliphatic heterocycles. The van der Waals surface area contributed by atoms with E-state index < -0.39 is 11.9 Å². The Kier molecular flexibility index (Phi) is 12.5. The highest BCUT2D eigenvalue weighted by Crippen LogP contribution is 2.60. The van der Waals surface area contributed by atoms with Gasteiger partial charge >= 0.3 is 11.9 Å². The number of fused-ring (bicyclic) bond motifs is 10. The lowest BCUT2D eigenvalue weighted by atomic mass is 9.94. The molecule has 2 fully saturated rings. The van der Waals surface area contributed by atoms with Crippen molar-refractivity contribution in [2.75, 3.05) is 36.2 Å². The molecule has 2 N–H and O–H groups in total. The van der Waals surface area contributed by atoms with Crippen molar-refractivity contribution in [2.45, 2.75) is 62.4 Å². The first-order valence-corrected chi connectivity index (χ1v) is 33.5. The van der Waals surface area contributed by atoms with Gasteiger partial charge in [0.25, 0.3) is 0 Å². The van der Waals surface area contributed by atoms with E-state index in [4.69, 9.17) is 36.4 Å². The number of carboxylic acid groups (broad SMARTS) is 2. The molecule has 0 bridgehead atoms. The first-order valence-electron chi connectivity index (χ1n) is 30.4. The van der Waals surface area contributed by atoms with Crippen LogP contribution in [0.3, 0.4) is 0 Å². The Labute approximate surface area is 532 Å². The number of rotatable bonds is 11. The fourth-order valence-corrected chi connectivity index (χ4v) is 18.7. The number of aromatic carboxylic acids is 2. The van der Waals surface area contributed by atoms with Crippen LogP contribution in [0.1, 0.15) is 82.2 Å². The van der Waals surface area contributed by atoms with Crippen LogP contribution in [0.5, 0.6) is 23.0 Å². The molecular formula is C72H52N6O8S4. The molecule has 0 radical (unpaired) electrons. The molecule has 442 valence electrons. The summed E-state index contributed by atoms with van der Waals surface area (Å²) in [5.74, 6) is 0.783. The van der Waals surface area contributed by atoms with Crippen molar-refractivity contribution < 1.29 is 38.7 Å². The lowest BCUT2D eigenvalue weighted by Crippen LogP contribution is -2.26. The van der Waals surface area contributed by atoms with Crippen LogP contribution in [-0.2, 0) is 0 Å². The number of ether oxygens (including phenoxy) is 4. The number of para-hydroxylation sites is 2. The van der Waals surface area contributed by atoms with Gasteiger partial charge in [0.2, 0.25) is 0 Å². The Morgan fingerprint density at radius 1 is 0.400 bits per heavy atom. The molecule has 12 aromatic rings. The van der Waals surface area contributed by atoms with Gasteiger partial charge in [-0.2, -0.15) is 17.5 Å². The van der Waals surface area contributed by atoms with E-state index in [1.165, 1.54) is 82.2 Å². The fraction of sp³-hybridized carbons (Fsp3) is 0.194. The third kappa shape index (κ3) is 8.44. The third-order valence-electron chi connectivity index (χ3n) is 19.0. The third-order valence-corrected chi connectivity index (χ3v) is 22.6. The van der Waals surface area contributed by atoms with Gasteiger partial charge in [-0.3, -0.25) is 0 Å². The molecule has 14 nitrogen and oxygen atoms in total. The quantitative estimate of drug-likeness (QED) is 0.125.